The minimum absolute atomic E-state index is 0.0879. The molecule has 1 aromatic heterocycles. The lowest BCUT2D eigenvalue weighted by molar-refractivity contribution is -0.115. The SMILES string of the molecule is CCC(=O)Nc1cc(Nc2cccc(NC(=O)c3cccc(C4CC4)c3)c2)ccn1. The van der Waals surface area contributed by atoms with Crippen molar-refractivity contribution in [2.45, 2.75) is 32.1 Å². The maximum atomic E-state index is 12.7. The number of benzene rings is 2. The van der Waals surface area contributed by atoms with E-state index >= 15 is 0 Å². The van der Waals surface area contributed by atoms with Gasteiger partial charge < -0.3 is 16.0 Å². The molecule has 0 saturated heterocycles. The molecule has 1 aliphatic rings. The number of aromatic nitrogens is 1. The lowest BCUT2D eigenvalue weighted by atomic mass is 10.1. The first-order chi connectivity index (χ1) is 14.6. The van der Waals surface area contributed by atoms with Crippen LogP contribution in [0, 0.1) is 0 Å². The number of nitrogens with zero attached hydrogens (tertiary/aromatic N) is 1. The average molecular weight is 400 g/mol. The number of anilines is 4. The van der Waals surface area contributed by atoms with Crippen molar-refractivity contribution in [2.24, 2.45) is 0 Å². The van der Waals surface area contributed by atoms with Gasteiger partial charge in [-0.05, 0) is 60.7 Å². The van der Waals surface area contributed by atoms with Gasteiger partial charge in [0.05, 0.1) is 0 Å². The van der Waals surface area contributed by atoms with Crippen molar-refractivity contribution in [3.63, 3.8) is 0 Å². The van der Waals surface area contributed by atoms with Gasteiger partial charge in [0, 0.05) is 41.3 Å². The van der Waals surface area contributed by atoms with E-state index in [9.17, 15) is 9.59 Å². The summed E-state index contributed by atoms with van der Waals surface area (Å²) in [6, 6.07) is 18.9. The lowest BCUT2D eigenvalue weighted by Gasteiger charge is -2.11. The molecule has 0 atom stereocenters. The monoisotopic (exact) mass is 400 g/mol. The summed E-state index contributed by atoms with van der Waals surface area (Å²) in [6.07, 6.45) is 4.44. The van der Waals surface area contributed by atoms with Crippen LogP contribution in [0.5, 0.6) is 0 Å². The van der Waals surface area contributed by atoms with Crippen molar-refractivity contribution in [2.75, 3.05) is 16.0 Å². The van der Waals surface area contributed by atoms with Crippen LogP contribution >= 0.6 is 0 Å². The molecule has 1 heterocycles. The summed E-state index contributed by atoms with van der Waals surface area (Å²) >= 11 is 0. The molecule has 0 aliphatic heterocycles. The molecule has 1 fully saturated rings. The van der Waals surface area contributed by atoms with Gasteiger partial charge in [-0.3, -0.25) is 9.59 Å². The van der Waals surface area contributed by atoms with Gasteiger partial charge in [-0.2, -0.15) is 0 Å². The van der Waals surface area contributed by atoms with Gasteiger partial charge in [-0.1, -0.05) is 25.1 Å². The van der Waals surface area contributed by atoms with Crippen molar-refractivity contribution < 1.29 is 9.59 Å². The molecule has 1 aliphatic carbocycles. The Labute approximate surface area is 175 Å². The van der Waals surface area contributed by atoms with Crippen molar-refractivity contribution >= 4 is 34.7 Å². The molecule has 2 amide bonds. The van der Waals surface area contributed by atoms with Gasteiger partial charge in [0.1, 0.15) is 5.82 Å². The molecule has 3 aromatic rings. The van der Waals surface area contributed by atoms with Gasteiger partial charge in [0.25, 0.3) is 5.91 Å². The maximum Gasteiger partial charge on any atom is 0.255 e. The second kappa shape index (κ2) is 8.78. The van der Waals surface area contributed by atoms with E-state index < -0.39 is 0 Å². The molecule has 152 valence electrons. The Kier molecular flexibility index (Phi) is 5.75. The van der Waals surface area contributed by atoms with Crippen molar-refractivity contribution in [1.82, 2.24) is 4.98 Å². The Morgan fingerprint density at radius 1 is 0.933 bits per heavy atom. The number of hydrogen-bond donors (Lipinski definition) is 3. The van der Waals surface area contributed by atoms with Crippen molar-refractivity contribution in [3.8, 4) is 0 Å². The minimum Gasteiger partial charge on any atom is -0.355 e. The van der Waals surface area contributed by atoms with Crippen LogP contribution < -0.4 is 16.0 Å². The Bertz CT molecular complexity index is 1080. The predicted molar refractivity (Wildman–Crippen MR) is 119 cm³/mol. The Morgan fingerprint density at radius 3 is 2.50 bits per heavy atom. The van der Waals surface area contributed by atoms with Crippen LogP contribution in [-0.2, 0) is 4.79 Å². The molecule has 0 radical (unpaired) electrons. The lowest BCUT2D eigenvalue weighted by Crippen LogP contribution is -2.12. The zero-order valence-electron chi connectivity index (χ0n) is 16.8. The standard InChI is InChI=1S/C24H24N4O2/c1-2-23(29)28-22-15-21(11-12-25-22)26-19-7-4-8-20(14-19)27-24(30)18-6-3-5-17(13-18)16-9-10-16/h3-8,11-16H,2,9-10H2,1H3,(H,27,30)(H2,25,26,28,29). The number of carbonyl (C=O) groups is 2. The largest absolute Gasteiger partial charge is 0.355 e. The number of nitrogens with one attached hydrogen (secondary N) is 3. The van der Waals surface area contributed by atoms with E-state index in [0.717, 1.165) is 11.4 Å². The van der Waals surface area contributed by atoms with Gasteiger partial charge >= 0.3 is 0 Å². The molecular formula is C24H24N4O2. The third-order valence-electron chi connectivity index (χ3n) is 4.96. The van der Waals surface area contributed by atoms with E-state index in [4.69, 9.17) is 0 Å². The zero-order valence-corrected chi connectivity index (χ0v) is 16.8. The van der Waals surface area contributed by atoms with Crippen molar-refractivity contribution in [1.29, 1.82) is 0 Å². The minimum atomic E-state index is -0.122. The Balaban J connectivity index is 1.44. The van der Waals surface area contributed by atoms with Crippen LogP contribution in [0.3, 0.4) is 0 Å². The Hall–Kier alpha value is -3.67. The third kappa shape index (κ3) is 5.03. The quantitative estimate of drug-likeness (QED) is 0.502. The van der Waals surface area contributed by atoms with E-state index in [1.54, 1.807) is 19.2 Å². The molecule has 30 heavy (non-hydrogen) atoms. The van der Waals surface area contributed by atoms with Crippen LogP contribution in [0.1, 0.15) is 48.0 Å². The zero-order chi connectivity index (χ0) is 20.9. The fourth-order valence-electron chi connectivity index (χ4n) is 3.20. The molecule has 2 aromatic carbocycles. The molecular weight excluding hydrogens is 376 g/mol. The van der Waals surface area contributed by atoms with E-state index in [0.29, 0.717) is 29.4 Å². The van der Waals surface area contributed by atoms with Crippen LogP contribution in [0.15, 0.2) is 66.9 Å². The summed E-state index contributed by atoms with van der Waals surface area (Å²) in [6.45, 7) is 1.79. The maximum absolute atomic E-state index is 12.7. The van der Waals surface area contributed by atoms with E-state index in [1.807, 2.05) is 48.5 Å². The highest BCUT2D eigenvalue weighted by molar-refractivity contribution is 6.04. The number of carbonyl (C=O) groups excluding carboxylic acids is 2. The molecule has 0 unspecified atom stereocenters. The van der Waals surface area contributed by atoms with Crippen LogP contribution in [-0.4, -0.2) is 16.8 Å². The molecule has 6 heteroatoms. The summed E-state index contributed by atoms with van der Waals surface area (Å²) in [5.74, 6) is 0.891. The summed E-state index contributed by atoms with van der Waals surface area (Å²) in [5.41, 5.74) is 4.22. The fourth-order valence-corrected chi connectivity index (χ4v) is 3.20. The predicted octanol–water partition coefficient (Wildman–Crippen LogP) is 5.30. The van der Waals surface area contributed by atoms with Crippen molar-refractivity contribution in [3.05, 3.63) is 78.0 Å². The number of amides is 2. The average Bonchev–Trinajstić information content (AvgIpc) is 3.60. The molecule has 6 nitrogen and oxygen atoms in total. The topological polar surface area (TPSA) is 83.1 Å². The molecule has 1 saturated carbocycles. The summed E-state index contributed by atoms with van der Waals surface area (Å²) in [5, 5.41) is 8.99. The molecule has 0 spiro atoms. The first kappa shape index (κ1) is 19.6. The van der Waals surface area contributed by atoms with E-state index in [-0.39, 0.29) is 11.8 Å². The number of pyridine rings is 1. The molecule has 0 bridgehead atoms. The number of rotatable bonds is 7. The smallest absolute Gasteiger partial charge is 0.255 e. The van der Waals surface area contributed by atoms with Crippen LogP contribution in [0.25, 0.3) is 0 Å². The van der Waals surface area contributed by atoms with E-state index in [2.05, 4.69) is 27.0 Å². The van der Waals surface area contributed by atoms with Gasteiger partial charge in [0.2, 0.25) is 5.91 Å². The van der Waals surface area contributed by atoms with Crippen LogP contribution in [0.4, 0.5) is 22.9 Å². The second-order valence-electron chi connectivity index (χ2n) is 7.39. The summed E-state index contributed by atoms with van der Waals surface area (Å²) in [7, 11) is 0. The Morgan fingerprint density at radius 2 is 1.70 bits per heavy atom. The van der Waals surface area contributed by atoms with Gasteiger partial charge in [-0.15, -0.1) is 0 Å². The first-order valence-electron chi connectivity index (χ1n) is 10.1. The normalized spacial score (nSPS) is 12.8. The van der Waals surface area contributed by atoms with Gasteiger partial charge in [0.15, 0.2) is 0 Å². The van der Waals surface area contributed by atoms with E-state index in [1.165, 1.54) is 18.4 Å². The highest BCUT2D eigenvalue weighted by Gasteiger charge is 2.24. The fraction of sp³-hybridized carbons (Fsp3) is 0.208. The summed E-state index contributed by atoms with van der Waals surface area (Å²) < 4.78 is 0. The summed E-state index contributed by atoms with van der Waals surface area (Å²) in [4.78, 5) is 28.4. The first-order valence-corrected chi connectivity index (χ1v) is 10.1. The molecule has 3 N–H and O–H groups in total. The van der Waals surface area contributed by atoms with Gasteiger partial charge in [-0.25, -0.2) is 4.98 Å². The third-order valence-corrected chi connectivity index (χ3v) is 4.96. The highest BCUT2D eigenvalue weighted by atomic mass is 16.2. The number of hydrogen-bond acceptors (Lipinski definition) is 4. The van der Waals surface area contributed by atoms with Crippen LogP contribution in [0.2, 0.25) is 0 Å². The molecule has 4 rings (SSSR count). The highest BCUT2D eigenvalue weighted by Crippen LogP contribution is 2.40. The second-order valence-corrected chi connectivity index (χ2v) is 7.39.